The molecule has 0 amide bonds. The van der Waals surface area contributed by atoms with E-state index in [1.54, 1.807) is 0 Å². The first-order chi connectivity index (χ1) is 13.5. The number of hydrogen-bond acceptors (Lipinski definition) is 6. The maximum atomic E-state index is 11.8. The second-order valence-corrected chi connectivity index (χ2v) is 8.64. The van der Waals surface area contributed by atoms with Crippen molar-refractivity contribution in [3.63, 3.8) is 0 Å². The van der Waals surface area contributed by atoms with E-state index in [0.717, 1.165) is 51.4 Å². The molecule has 28 heavy (non-hydrogen) atoms. The predicted molar refractivity (Wildman–Crippen MR) is 106 cm³/mol. The van der Waals surface area contributed by atoms with E-state index in [-0.39, 0.29) is 22.8 Å². The lowest BCUT2D eigenvalue weighted by atomic mass is 9.84. The molecule has 0 aliphatic carbocycles. The Morgan fingerprint density at radius 3 is 1.32 bits per heavy atom. The third kappa shape index (κ3) is 7.36. The Labute approximate surface area is 169 Å². The first kappa shape index (κ1) is 23.1. The highest BCUT2D eigenvalue weighted by Crippen LogP contribution is 2.32. The highest BCUT2D eigenvalue weighted by molar-refractivity contribution is 5.69. The number of ether oxygens (including phenoxy) is 4. The lowest BCUT2D eigenvalue weighted by Gasteiger charge is -2.39. The van der Waals surface area contributed by atoms with Crippen molar-refractivity contribution in [2.24, 2.45) is 10.8 Å². The van der Waals surface area contributed by atoms with E-state index in [1.165, 1.54) is 0 Å². The number of unbranched alkanes of at least 4 members (excludes halogenated alkanes) is 5. The van der Waals surface area contributed by atoms with Gasteiger partial charge in [0.15, 0.2) is 0 Å². The van der Waals surface area contributed by atoms with E-state index < -0.39 is 0 Å². The molecule has 6 nitrogen and oxygen atoms in total. The molecule has 2 aliphatic heterocycles. The van der Waals surface area contributed by atoms with Gasteiger partial charge in [0.1, 0.15) is 13.2 Å². The van der Waals surface area contributed by atoms with Gasteiger partial charge in [-0.2, -0.15) is 0 Å². The number of carbonyl (C=O) groups excluding carboxylic acids is 2. The average Bonchev–Trinajstić information content (AvgIpc) is 2.63. The quantitative estimate of drug-likeness (QED) is 0.306. The van der Waals surface area contributed by atoms with Crippen molar-refractivity contribution in [3.8, 4) is 0 Å². The Hall–Kier alpha value is -1.14. The third-order valence-electron chi connectivity index (χ3n) is 6.22. The molecule has 0 aromatic heterocycles. The van der Waals surface area contributed by atoms with Gasteiger partial charge in [-0.05, 0) is 25.7 Å². The number of esters is 2. The van der Waals surface area contributed by atoms with Crippen LogP contribution in [0.2, 0.25) is 0 Å². The lowest BCUT2D eigenvalue weighted by Crippen LogP contribution is -2.46. The van der Waals surface area contributed by atoms with E-state index in [9.17, 15) is 9.59 Å². The fraction of sp³-hybridized carbons (Fsp3) is 0.909. The summed E-state index contributed by atoms with van der Waals surface area (Å²) < 4.78 is 21.3. The zero-order valence-corrected chi connectivity index (χ0v) is 17.8. The van der Waals surface area contributed by atoms with Crippen LogP contribution in [0.5, 0.6) is 0 Å². The summed E-state index contributed by atoms with van der Waals surface area (Å²) in [7, 11) is 0. The van der Waals surface area contributed by atoms with Crippen LogP contribution in [0, 0.1) is 10.8 Å². The maximum absolute atomic E-state index is 11.8. The molecule has 0 aromatic rings. The second kappa shape index (κ2) is 11.8. The minimum Gasteiger partial charge on any atom is -0.465 e. The van der Waals surface area contributed by atoms with Crippen LogP contribution in [0.3, 0.4) is 0 Å². The van der Waals surface area contributed by atoms with Crippen LogP contribution in [0.25, 0.3) is 0 Å². The van der Waals surface area contributed by atoms with Gasteiger partial charge < -0.3 is 18.9 Å². The fourth-order valence-electron chi connectivity index (χ4n) is 3.42. The van der Waals surface area contributed by atoms with Gasteiger partial charge in [-0.1, -0.05) is 39.5 Å². The minimum absolute atomic E-state index is 0.0690. The molecule has 2 heterocycles. The molecule has 2 aliphatic rings. The third-order valence-corrected chi connectivity index (χ3v) is 6.22. The molecule has 0 N–H and O–H groups in total. The summed E-state index contributed by atoms with van der Waals surface area (Å²) in [5, 5.41) is 0. The van der Waals surface area contributed by atoms with Gasteiger partial charge in [0.25, 0.3) is 0 Å². The lowest BCUT2D eigenvalue weighted by molar-refractivity contribution is -0.171. The fourth-order valence-corrected chi connectivity index (χ4v) is 3.42. The highest BCUT2D eigenvalue weighted by atomic mass is 16.6. The zero-order chi connectivity index (χ0) is 20.3. The Morgan fingerprint density at radius 1 is 0.679 bits per heavy atom. The van der Waals surface area contributed by atoms with Gasteiger partial charge in [-0.3, -0.25) is 9.59 Å². The van der Waals surface area contributed by atoms with Gasteiger partial charge in [-0.15, -0.1) is 0 Å². The van der Waals surface area contributed by atoms with E-state index in [4.69, 9.17) is 18.9 Å². The van der Waals surface area contributed by atoms with Crippen molar-refractivity contribution < 1.29 is 28.5 Å². The zero-order valence-electron chi connectivity index (χ0n) is 17.8. The van der Waals surface area contributed by atoms with Crippen molar-refractivity contribution in [2.45, 2.75) is 78.1 Å². The monoisotopic (exact) mass is 398 g/mol. The molecule has 0 spiro atoms. The summed E-state index contributed by atoms with van der Waals surface area (Å²) in [6.07, 6.45) is 8.95. The van der Waals surface area contributed by atoms with Gasteiger partial charge in [-0.25, -0.2) is 0 Å². The van der Waals surface area contributed by atoms with Crippen LogP contribution >= 0.6 is 0 Å². The molecule has 0 bridgehead atoms. The summed E-state index contributed by atoms with van der Waals surface area (Å²) >= 11 is 0. The Kier molecular flexibility index (Phi) is 9.72. The molecule has 0 unspecified atom stereocenters. The molecule has 0 aromatic carbocycles. The topological polar surface area (TPSA) is 71.1 Å². The average molecular weight is 399 g/mol. The van der Waals surface area contributed by atoms with Gasteiger partial charge in [0.2, 0.25) is 0 Å². The summed E-state index contributed by atoms with van der Waals surface area (Å²) in [6.45, 7) is 8.03. The van der Waals surface area contributed by atoms with Crippen LogP contribution in [0.1, 0.15) is 78.1 Å². The molecule has 2 rings (SSSR count). The SMILES string of the molecule is CCC1(COC(=O)CCCCCCCCC(=O)OCC2(CC)COC2)COC1. The number of rotatable bonds is 15. The molecule has 0 atom stereocenters. The van der Waals surface area contributed by atoms with Crippen LogP contribution in [0.15, 0.2) is 0 Å². The van der Waals surface area contributed by atoms with Crippen molar-refractivity contribution in [3.05, 3.63) is 0 Å². The molecule has 2 saturated heterocycles. The number of carbonyl (C=O) groups is 2. The molecular weight excluding hydrogens is 360 g/mol. The van der Waals surface area contributed by atoms with Crippen LogP contribution in [-0.4, -0.2) is 51.6 Å². The summed E-state index contributed by atoms with van der Waals surface area (Å²) in [5.74, 6) is -0.187. The molecular formula is C22H38O6. The van der Waals surface area contributed by atoms with Crippen molar-refractivity contribution >= 4 is 11.9 Å². The van der Waals surface area contributed by atoms with Crippen LogP contribution < -0.4 is 0 Å². The van der Waals surface area contributed by atoms with Gasteiger partial charge >= 0.3 is 11.9 Å². The van der Waals surface area contributed by atoms with E-state index in [2.05, 4.69) is 13.8 Å². The van der Waals surface area contributed by atoms with Crippen molar-refractivity contribution in [1.82, 2.24) is 0 Å². The molecule has 0 radical (unpaired) electrons. The minimum atomic E-state index is -0.0933. The molecule has 0 saturated carbocycles. The van der Waals surface area contributed by atoms with E-state index in [1.807, 2.05) is 0 Å². The van der Waals surface area contributed by atoms with Crippen molar-refractivity contribution in [2.75, 3.05) is 39.6 Å². The first-order valence-electron chi connectivity index (χ1n) is 11.0. The summed E-state index contributed by atoms with van der Waals surface area (Å²) in [5.41, 5.74) is 0.138. The summed E-state index contributed by atoms with van der Waals surface area (Å²) in [4.78, 5) is 23.6. The maximum Gasteiger partial charge on any atom is 0.305 e. The summed E-state index contributed by atoms with van der Waals surface area (Å²) in [6, 6.07) is 0. The largest absolute Gasteiger partial charge is 0.465 e. The Bertz CT molecular complexity index is 426. The molecule has 2 fully saturated rings. The van der Waals surface area contributed by atoms with Crippen LogP contribution in [-0.2, 0) is 28.5 Å². The normalized spacial score (nSPS) is 19.4. The van der Waals surface area contributed by atoms with E-state index >= 15 is 0 Å². The first-order valence-corrected chi connectivity index (χ1v) is 11.0. The second-order valence-electron chi connectivity index (χ2n) is 8.64. The number of hydrogen-bond donors (Lipinski definition) is 0. The standard InChI is InChI=1S/C22H38O6/c1-3-21(13-25-14-21)17-27-19(23)11-9-7-5-6-8-10-12-20(24)28-18-22(4-2)15-26-16-22/h3-18H2,1-2H3. The van der Waals surface area contributed by atoms with Crippen LogP contribution in [0.4, 0.5) is 0 Å². The van der Waals surface area contributed by atoms with E-state index in [0.29, 0.717) is 52.5 Å². The smallest absolute Gasteiger partial charge is 0.305 e. The predicted octanol–water partition coefficient (Wildman–Crippen LogP) is 4.05. The van der Waals surface area contributed by atoms with Gasteiger partial charge in [0, 0.05) is 12.8 Å². The Morgan fingerprint density at radius 2 is 1.04 bits per heavy atom. The van der Waals surface area contributed by atoms with Gasteiger partial charge in [0.05, 0.1) is 37.3 Å². The molecule has 162 valence electrons. The van der Waals surface area contributed by atoms with Crippen molar-refractivity contribution in [1.29, 1.82) is 0 Å². The molecule has 6 heteroatoms. The highest BCUT2D eigenvalue weighted by Gasteiger charge is 2.38. The Balaban J connectivity index is 1.37.